The molecule has 1 unspecified atom stereocenters. The van der Waals surface area contributed by atoms with Crippen LogP contribution in [0.5, 0.6) is 0 Å². The first kappa shape index (κ1) is 19.9. The van der Waals surface area contributed by atoms with Crippen LogP contribution in [-0.4, -0.2) is 39.0 Å². The van der Waals surface area contributed by atoms with E-state index in [2.05, 4.69) is 52.4 Å². The predicted molar refractivity (Wildman–Crippen MR) is 120 cm³/mol. The van der Waals surface area contributed by atoms with Crippen LogP contribution in [0.1, 0.15) is 64.0 Å². The van der Waals surface area contributed by atoms with Crippen LogP contribution in [0.2, 0.25) is 0 Å². The molecule has 1 saturated carbocycles. The largest absolute Gasteiger partial charge is 0.392 e. The van der Waals surface area contributed by atoms with Gasteiger partial charge < -0.3 is 10.0 Å². The maximum Gasteiger partial charge on any atom is 0.274 e. The molecule has 2 aromatic carbocycles. The molecule has 2 heterocycles. The minimum absolute atomic E-state index is 0.00246. The van der Waals surface area contributed by atoms with Gasteiger partial charge in [0.05, 0.1) is 12.3 Å². The monoisotopic (exact) mass is 413 g/mol. The Bertz CT molecular complexity index is 1120. The maximum absolute atomic E-state index is 12.9. The van der Waals surface area contributed by atoms with Crippen molar-refractivity contribution in [2.45, 2.75) is 44.6 Å². The number of aliphatic hydroxyl groups excluding tert-OH is 1. The maximum atomic E-state index is 12.9. The van der Waals surface area contributed by atoms with E-state index < -0.39 is 0 Å². The molecular weight excluding hydrogens is 386 g/mol. The molecule has 1 atom stereocenters. The van der Waals surface area contributed by atoms with Gasteiger partial charge in [0, 0.05) is 31.4 Å². The fourth-order valence-electron chi connectivity index (χ4n) is 4.78. The zero-order valence-electron chi connectivity index (χ0n) is 17.8. The van der Waals surface area contributed by atoms with E-state index in [1.165, 1.54) is 24.0 Å². The third-order valence-electron chi connectivity index (χ3n) is 6.60. The number of aromatic nitrogens is 2. The fraction of sp³-hybridized carbons (Fsp3) is 0.346. The second-order valence-electron chi connectivity index (χ2n) is 8.66. The van der Waals surface area contributed by atoms with Crippen LogP contribution in [0.4, 0.5) is 0 Å². The summed E-state index contributed by atoms with van der Waals surface area (Å²) in [6.07, 6.45) is 6.58. The molecule has 5 nitrogen and oxygen atoms in total. The summed E-state index contributed by atoms with van der Waals surface area (Å²) >= 11 is 0. The zero-order chi connectivity index (χ0) is 21.4. The molecule has 0 radical (unpaired) electrons. The molecule has 0 bridgehead atoms. The summed E-state index contributed by atoms with van der Waals surface area (Å²) in [5.74, 6) is 0.830. The number of amides is 1. The Labute approximate surface area is 182 Å². The summed E-state index contributed by atoms with van der Waals surface area (Å²) in [4.78, 5) is 23.2. The van der Waals surface area contributed by atoms with Crippen LogP contribution >= 0.6 is 0 Å². The van der Waals surface area contributed by atoms with Gasteiger partial charge in [-0.2, -0.15) is 0 Å². The Kier molecular flexibility index (Phi) is 5.28. The number of likely N-dealkylation sites (tertiary alicyclic amines) is 1. The first-order valence-electron chi connectivity index (χ1n) is 11.1. The van der Waals surface area contributed by atoms with Gasteiger partial charge >= 0.3 is 0 Å². The highest BCUT2D eigenvalue weighted by atomic mass is 16.3. The second-order valence-corrected chi connectivity index (χ2v) is 8.66. The first-order chi connectivity index (χ1) is 15.2. The summed E-state index contributed by atoms with van der Waals surface area (Å²) < 4.78 is 0. The fourth-order valence-corrected chi connectivity index (χ4v) is 4.78. The summed E-state index contributed by atoms with van der Waals surface area (Å²) in [7, 11) is 0. The molecule has 1 N–H and O–H groups in total. The molecule has 1 aromatic heterocycles. The molecule has 1 saturated heterocycles. The van der Waals surface area contributed by atoms with Gasteiger partial charge in [0.1, 0.15) is 5.69 Å². The van der Waals surface area contributed by atoms with Crippen molar-refractivity contribution in [2.24, 2.45) is 0 Å². The molecule has 2 aliphatic rings. The lowest BCUT2D eigenvalue weighted by molar-refractivity contribution is 0.0783. The lowest BCUT2D eigenvalue weighted by atomic mass is 9.89. The molecule has 158 valence electrons. The first-order valence-corrected chi connectivity index (χ1v) is 11.1. The molecule has 2 fully saturated rings. The zero-order valence-corrected chi connectivity index (χ0v) is 17.8. The number of hydrogen-bond donors (Lipinski definition) is 1. The van der Waals surface area contributed by atoms with Crippen LogP contribution in [0.15, 0.2) is 54.9 Å². The number of carbonyl (C=O) groups excluding carboxylic acids is 1. The molecule has 1 amide bonds. The average Bonchev–Trinajstić information content (AvgIpc) is 3.55. The molecule has 3 aromatic rings. The summed E-state index contributed by atoms with van der Waals surface area (Å²) in [6, 6.07) is 15.1. The van der Waals surface area contributed by atoms with Crippen molar-refractivity contribution in [3.63, 3.8) is 0 Å². The Balaban J connectivity index is 1.39. The van der Waals surface area contributed by atoms with E-state index in [0.717, 1.165) is 23.1 Å². The van der Waals surface area contributed by atoms with Crippen molar-refractivity contribution in [3.05, 3.63) is 82.9 Å². The second kappa shape index (κ2) is 8.23. The number of hydrogen-bond acceptors (Lipinski definition) is 4. The quantitative estimate of drug-likeness (QED) is 0.671. The molecule has 0 spiro atoms. The smallest absolute Gasteiger partial charge is 0.274 e. The van der Waals surface area contributed by atoms with Gasteiger partial charge in [-0.25, -0.2) is 4.98 Å². The topological polar surface area (TPSA) is 66.3 Å². The number of carbonyl (C=O) groups is 1. The Morgan fingerprint density at radius 3 is 2.61 bits per heavy atom. The van der Waals surface area contributed by atoms with E-state index in [4.69, 9.17) is 0 Å². The van der Waals surface area contributed by atoms with Gasteiger partial charge in [-0.3, -0.25) is 9.78 Å². The van der Waals surface area contributed by atoms with Crippen molar-refractivity contribution < 1.29 is 9.90 Å². The van der Waals surface area contributed by atoms with E-state index in [1.54, 1.807) is 12.4 Å². The van der Waals surface area contributed by atoms with Crippen molar-refractivity contribution >= 4 is 5.91 Å². The van der Waals surface area contributed by atoms with Crippen LogP contribution in [0.3, 0.4) is 0 Å². The van der Waals surface area contributed by atoms with Crippen molar-refractivity contribution in [3.8, 4) is 11.1 Å². The lowest BCUT2D eigenvalue weighted by Gasteiger charge is -2.19. The van der Waals surface area contributed by atoms with Crippen molar-refractivity contribution in [1.82, 2.24) is 14.9 Å². The van der Waals surface area contributed by atoms with Gasteiger partial charge in [0.25, 0.3) is 5.91 Å². The summed E-state index contributed by atoms with van der Waals surface area (Å²) in [5, 5.41) is 10.1. The Hall–Kier alpha value is -3.05. The SMILES string of the molecule is Cc1nccnc1C(=O)N1CCC(c2ccc(-c3ccccc3C3CC3)cc2CO)C1. The van der Waals surface area contributed by atoms with E-state index in [-0.39, 0.29) is 18.4 Å². The molecule has 1 aliphatic heterocycles. The van der Waals surface area contributed by atoms with Gasteiger partial charge in [-0.05, 0) is 66.0 Å². The van der Waals surface area contributed by atoms with Crippen LogP contribution < -0.4 is 0 Å². The third kappa shape index (κ3) is 3.86. The highest BCUT2D eigenvalue weighted by Crippen LogP contribution is 2.44. The highest BCUT2D eigenvalue weighted by molar-refractivity contribution is 5.93. The Morgan fingerprint density at radius 2 is 1.84 bits per heavy atom. The third-order valence-corrected chi connectivity index (χ3v) is 6.60. The van der Waals surface area contributed by atoms with E-state index in [1.807, 2.05) is 11.8 Å². The predicted octanol–water partition coefficient (Wildman–Crippen LogP) is 4.45. The highest BCUT2D eigenvalue weighted by Gasteiger charge is 2.31. The van der Waals surface area contributed by atoms with E-state index in [0.29, 0.717) is 30.4 Å². The number of benzene rings is 2. The van der Waals surface area contributed by atoms with Gasteiger partial charge in [0.15, 0.2) is 0 Å². The number of aryl methyl sites for hydroxylation is 1. The molecule has 1 aliphatic carbocycles. The van der Waals surface area contributed by atoms with Crippen LogP contribution in [0, 0.1) is 6.92 Å². The molecular formula is C26H27N3O2. The van der Waals surface area contributed by atoms with Crippen LogP contribution in [-0.2, 0) is 6.61 Å². The number of aliphatic hydroxyl groups is 1. The minimum Gasteiger partial charge on any atom is -0.392 e. The minimum atomic E-state index is -0.0615. The normalized spacial score (nSPS) is 18.4. The summed E-state index contributed by atoms with van der Waals surface area (Å²) in [5.41, 5.74) is 7.03. The molecule has 5 rings (SSSR count). The Morgan fingerprint density at radius 1 is 1.03 bits per heavy atom. The molecule has 5 heteroatoms. The van der Waals surface area contributed by atoms with Crippen molar-refractivity contribution in [1.29, 1.82) is 0 Å². The summed E-state index contributed by atoms with van der Waals surface area (Å²) in [6.45, 7) is 3.15. The van der Waals surface area contributed by atoms with Crippen molar-refractivity contribution in [2.75, 3.05) is 13.1 Å². The van der Waals surface area contributed by atoms with Gasteiger partial charge in [-0.1, -0.05) is 36.4 Å². The standard InChI is InChI=1S/C26H27N3O2/c1-17-25(28-12-11-27-17)26(31)29-13-10-20(15-29)22-9-8-19(14-21(22)16-30)24-5-3-2-4-23(24)18-6-7-18/h2-5,8-9,11-12,14,18,20,30H,6-7,10,13,15-16H2,1H3. The molecule has 31 heavy (non-hydrogen) atoms. The number of rotatable bonds is 5. The lowest BCUT2D eigenvalue weighted by Crippen LogP contribution is -2.30. The van der Waals surface area contributed by atoms with Gasteiger partial charge in [0.2, 0.25) is 0 Å². The number of nitrogens with zero attached hydrogens (tertiary/aromatic N) is 3. The van der Waals surface area contributed by atoms with Gasteiger partial charge in [-0.15, -0.1) is 0 Å². The average molecular weight is 414 g/mol. The van der Waals surface area contributed by atoms with Crippen LogP contribution in [0.25, 0.3) is 11.1 Å². The van der Waals surface area contributed by atoms with E-state index in [9.17, 15) is 9.90 Å². The van der Waals surface area contributed by atoms with E-state index >= 15 is 0 Å².